The summed E-state index contributed by atoms with van der Waals surface area (Å²) in [5.74, 6) is -1.84. The molecule has 2 aliphatic rings. The van der Waals surface area contributed by atoms with Gasteiger partial charge in [-0.25, -0.2) is 13.2 Å². The van der Waals surface area contributed by atoms with Crippen molar-refractivity contribution < 1.29 is 22.6 Å². The maximum Gasteiger partial charge on any atom is 0.166 e. The van der Waals surface area contributed by atoms with E-state index in [4.69, 9.17) is 9.47 Å². The van der Waals surface area contributed by atoms with Gasteiger partial charge in [0.1, 0.15) is 11.9 Å². The maximum atomic E-state index is 15.0. The van der Waals surface area contributed by atoms with Crippen molar-refractivity contribution in [3.8, 4) is 11.1 Å². The van der Waals surface area contributed by atoms with Crippen LogP contribution in [0, 0.1) is 17.5 Å². The quantitative estimate of drug-likeness (QED) is 0.334. The summed E-state index contributed by atoms with van der Waals surface area (Å²) in [6.07, 6.45) is 3.83. The summed E-state index contributed by atoms with van der Waals surface area (Å²) in [5, 5.41) is 0. The van der Waals surface area contributed by atoms with Gasteiger partial charge < -0.3 is 9.47 Å². The van der Waals surface area contributed by atoms with Crippen LogP contribution in [-0.4, -0.2) is 12.7 Å². The van der Waals surface area contributed by atoms with E-state index in [0.29, 0.717) is 41.7 Å². The number of hydrogen-bond acceptors (Lipinski definition) is 2. The fraction of sp³-hybridized carbons (Fsp3) is 0.379. The summed E-state index contributed by atoms with van der Waals surface area (Å²) in [6.45, 7) is 2.92. The van der Waals surface area contributed by atoms with Gasteiger partial charge in [0, 0.05) is 11.1 Å². The smallest absolute Gasteiger partial charge is 0.166 e. The summed E-state index contributed by atoms with van der Waals surface area (Å²) in [5.41, 5.74) is 3.97. The van der Waals surface area contributed by atoms with E-state index in [1.165, 1.54) is 6.07 Å². The van der Waals surface area contributed by atoms with E-state index in [2.05, 4.69) is 6.92 Å². The standard InChI is InChI=1S/C29H29F3O2/c1-2-18-3-5-19(6-4-18)24-13-14-25(29(32)28(24)31)20-9-11-23(12-10-20)33-16-22-8-7-21(15-26(22)30)27-17-34-27/h3-8,13-15,20,23,27H,2,9-12,16-17H2,1H3. The van der Waals surface area contributed by atoms with E-state index in [1.54, 1.807) is 18.2 Å². The first-order valence-corrected chi connectivity index (χ1v) is 12.1. The highest BCUT2D eigenvalue weighted by Gasteiger charge is 2.28. The Balaban J connectivity index is 1.19. The first-order valence-electron chi connectivity index (χ1n) is 12.1. The number of halogens is 3. The van der Waals surface area contributed by atoms with Gasteiger partial charge in [-0.15, -0.1) is 0 Å². The normalized spacial score (nSPS) is 22.1. The van der Waals surface area contributed by atoms with E-state index < -0.39 is 11.6 Å². The highest BCUT2D eigenvalue weighted by atomic mass is 19.2. The van der Waals surface area contributed by atoms with Gasteiger partial charge in [-0.1, -0.05) is 55.5 Å². The molecule has 1 unspecified atom stereocenters. The fourth-order valence-electron chi connectivity index (χ4n) is 4.89. The van der Waals surface area contributed by atoms with Crippen LogP contribution in [0.15, 0.2) is 54.6 Å². The number of ether oxygens (including phenoxy) is 2. The molecule has 3 aromatic rings. The zero-order valence-electron chi connectivity index (χ0n) is 19.3. The molecular weight excluding hydrogens is 437 g/mol. The summed E-state index contributed by atoms with van der Waals surface area (Å²) >= 11 is 0. The van der Waals surface area contributed by atoms with Crippen molar-refractivity contribution >= 4 is 0 Å². The van der Waals surface area contributed by atoms with Crippen LogP contribution < -0.4 is 0 Å². The lowest BCUT2D eigenvalue weighted by atomic mass is 9.82. The van der Waals surface area contributed by atoms with E-state index >= 15 is 4.39 Å². The average molecular weight is 467 g/mol. The summed E-state index contributed by atoms with van der Waals surface area (Å²) in [4.78, 5) is 0. The average Bonchev–Trinajstić information content (AvgIpc) is 3.71. The highest BCUT2D eigenvalue weighted by Crippen LogP contribution is 2.38. The molecule has 0 radical (unpaired) electrons. The Hall–Kier alpha value is -2.63. The summed E-state index contributed by atoms with van der Waals surface area (Å²) in [7, 11) is 0. The minimum absolute atomic E-state index is 0.00801. The van der Waals surface area contributed by atoms with Crippen molar-refractivity contribution in [2.24, 2.45) is 0 Å². The number of aryl methyl sites for hydroxylation is 1. The van der Waals surface area contributed by atoms with Crippen molar-refractivity contribution in [2.75, 3.05) is 6.61 Å². The molecular formula is C29H29F3O2. The van der Waals surface area contributed by atoms with E-state index in [9.17, 15) is 8.78 Å². The van der Waals surface area contributed by atoms with E-state index in [-0.39, 0.29) is 30.5 Å². The number of hydrogen-bond donors (Lipinski definition) is 0. The van der Waals surface area contributed by atoms with Gasteiger partial charge in [-0.05, 0) is 66.3 Å². The van der Waals surface area contributed by atoms with Gasteiger partial charge in [0.15, 0.2) is 11.6 Å². The molecule has 5 rings (SSSR count). The molecule has 3 aromatic carbocycles. The summed E-state index contributed by atoms with van der Waals surface area (Å²) in [6, 6.07) is 16.2. The molecule has 0 spiro atoms. The molecule has 1 heterocycles. The van der Waals surface area contributed by atoms with Gasteiger partial charge in [-0.2, -0.15) is 0 Å². The van der Waals surface area contributed by atoms with Crippen LogP contribution in [-0.2, 0) is 22.5 Å². The molecule has 1 saturated heterocycles. The van der Waals surface area contributed by atoms with E-state index in [1.807, 2.05) is 30.3 Å². The molecule has 0 N–H and O–H groups in total. The van der Waals surface area contributed by atoms with E-state index in [0.717, 1.165) is 30.4 Å². The highest BCUT2D eigenvalue weighted by molar-refractivity contribution is 5.65. The fourth-order valence-corrected chi connectivity index (χ4v) is 4.89. The Morgan fingerprint density at radius 2 is 1.62 bits per heavy atom. The van der Waals surface area contributed by atoms with Crippen LogP contribution in [0.3, 0.4) is 0 Å². The molecule has 0 amide bonds. The van der Waals surface area contributed by atoms with Crippen molar-refractivity contribution in [3.63, 3.8) is 0 Å². The Morgan fingerprint density at radius 1 is 0.882 bits per heavy atom. The number of benzene rings is 3. The molecule has 1 aliphatic heterocycles. The second kappa shape index (κ2) is 9.93. The van der Waals surface area contributed by atoms with Gasteiger partial charge >= 0.3 is 0 Å². The SMILES string of the molecule is CCc1ccc(-c2ccc(C3CCC(OCc4ccc(C5CO5)cc4F)CC3)c(F)c2F)cc1. The minimum Gasteiger partial charge on any atom is -0.373 e. The zero-order valence-corrected chi connectivity index (χ0v) is 19.3. The predicted molar refractivity (Wildman–Crippen MR) is 126 cm³/mol. The number of epoxide rings is 1. The second-order valence-electron chi connectivity index (χ2n) is 9.34. The molecule has 2 fully saturated rings. The van der Waals surface area contributed by atoms with Gasteiger partial charge in [0.25, 0.3) is 0 Å². The lowest BCUT2D eigenvalue weighted by Gasteiger charge is -2.29. The maximum absolute atomic E-state index is 15.0. The van der Waals surface area contributed by atoms with Crippen LogP contribution in [0.25, 0.3) is 11.1 Å². The third kappa shape index (κ3) is 4.91. The van der Waals surface area contributed by atoms with Crippen LogP contribution in [0.4, 0.5) is 13.2 Å². The van der Waals surface area contributed by atoms with Crippen LogP contribution in [0.5, 0.6) is 0 Å². The Bertz CT molecular complexity index is 1150. The molecule has 5 heteroatoms. The molecule has 1 atom stereocenters. The largest absolute Gasteiger partial charge is 0.373 e. The van der Waals surface area contributed by atoms with Crippen molar-refractivity contribution in [1.29, 1.82) is 0 Å². The molecule has 178 valence electrons. The van der Waals surface area contributed by atoms with Crippen LogP contribution in [0.2, 0.25) is 0 Å². The first-order chi connectivity index (χ1) is 16.5. The van der Waals surface area contributed by atoms with Gasteiger partial charge in [0.2, 0.25) is 0 Å². The topological polar surface area (TPSA) is 21.8 Å². The molecule has 2 nitrogen and oxygen atoms in total. The third-order valence-corrected chi connectivity index (χ3v) is 7.16. The molecule has 0 bridgehead atoms. The van der Waals surface area contributed by atoms with Crippen molar-refractivity contribution in [2.45, 2.75) is 63.8 Å². The first kappa shape index (κ1) is 23.1. The van der Waals surface area contributed by atoms with Gasteiger partial charge in [0.05, 0.1) is 19.3 Å². The Labute approximate surface area is 198 Å². The van der Waals surface area contributed by atoms with Crippen LogP contribution in [0.1, 0.15) is 66.9 Å². The Kier molecular flexibility index (Phi) is 6.75. The minimum atomic E-state index is -0.782. The predicted octanol–water partition coefficient (Wildman–Crippen LogP) is 7.65. The molecule has 1 aliphatic carbocycles. The lowest BCUT2D eigenvalue weighted by molar-refractivity contribution is 0.0118. The monoisotopic (exact) mass is 466 g/mol. The zero-order chi connectivity index (χ0) is 23.7. The lowest BCUT2D eigenvalue weighted by Crippen LogP contribution is -2.21. The van der Waals surface area contributed by atoms with Crippen molar-refractivity contribution in [3.05, 3.63) is 94.3 Å². The third-order valence-electron chi connectivity index (χ3n) is 7.16. The molecule has 0 aromatic heterocycles. The molecule has 34 heavy (non-hydrogen) atoms. The second-order valence-corrected chi connectivity index (χ2v) is 9.34. The summed E-state index contributed by atoms with van der Waals surface area (Å²) < 4.78 is 55.5. The molecule has 1 saturated carbocycles. The van der Waals surface area contributed by atoms with Crippen molar-refractivity contribution in [1.82, 2.24) is 0 Å². The number of rotatable bonds is 7. The van der Waals surface area contributed by atoms with Gasteiger partial charge in [-0.3, -0.25) is 0 Å². The van der Waals surface area contributed by atoms with Crippen LogP contribution >= 0.6 is 0 Å². The Morgan fingerprint density at radius 3 is 2.26 bits per heavy atom.